The van der Waals surface area contributed by atoms with Gasteiger partial charge in [-0.2, -0.15) is 0 Å². The van der Waals surface area contributed by atoms with E-state index in [-0.39, 0.29) is 23.9 Å². The number of furan rings is 1. The highest BCUT2D eigenvalue weighted by Gasteiger charge is 2.35. The number of benzene rings is 2. The highest BCUT2D eigenvalue weighted by atomic mass is 16.3. The van der Waals surface area contributed by atoms with Gasteiger partial charge in [0, 0.05) is 37.3 Å². The summed E-state index contributed by atoms with van der Waals surface area (Å²) in [6.45, 7) is 3.17. The summed E-state index contributed by atoms with van der Waals surface area (Å²) in [4.78, 5) is 27.9. The van der Waals surface area contributed by atoms with Crippen molar-refractivity contribution in [2.24, 2.45) is 0 Å². The summed E-state index contributed by atoms with van der Waals surface area (Å²) in [5.41, 5.74) is 2.40. The van der Waals surface area contributed by atoms with Crippen molar-refractivity contribution in [3.05, 3.63) is 107 Å². The number of nitrogens with zero attached hydrogens (tertiary/aromatic N) is 2. The maximum Gasteiger partial charge on any atom is 0.251 e. The normalized spacial score (nSPS) is 15.9. The molecule has 1 amide bonds. The van der Waals surface area contributed by atoms with Crippen molar-refractivity contribution in [2.75, 3.05) is 13.1 Å². The molecule has 0 bridgehead atoms. The number of pyridine rings is 1. The molecule has 6 heteroatoms. The zero-order valence-electron chi connectivity index (χ0n) is 21.0. The molecule has 4 aromatic rings. The first kappa shape index (κ1) is 24.8. The zero-order chi connectivity index (χ0) is 25.8. The molecular formula is C31H32N2O4. The summed E-state index contributed by atoms with van der Waals surface area (Å²) in [5.74, 6) is 0.895. The van der Waals surface area contributed by atoms with Crippen LogP contribution in [0.4, 0.5) is 0 Å². The lowest BCUT2D eigenvalue weighted by Crippen LogP contribution is -2.49. The molecule has 1 N–H and O–H groups in total. The number of hydrogen-bond donors (Lipinski definition) is 1. The van der Waals surface area contributed by atoms with Gasteiger partial charge < -0.3 is 19.0 Å². The van der Waals surface area contributed by atoms with E-state index in [0.29, 0.717) is 38.1 Å². The minimum absolute atomic E-state index is 0.0999. The third-order valence-corrected chi connectivity index (χ3v) is 7.36. The van der Waals surface area contributed by atoms with Crippen LogP contribution in [0.3, 0.4) is 0 Å². The Hall–Kier alpha value is -3.90. The zero-order valence-corrected chi connectivity index (χ0v) is 21.0. The second kappa shape index (κ2) is 10.6. The fraction of sp³-hybridized carbons (Fsp3) is 0.290. The first-order chi connectivity index (χ1) is 17.9. The molecule has 0 spiro atoms. The van der Waals surface area contributed by atoms with E-state index >= 15 is 0 Å². The molecule has 2 aromatic carbocycles. The van der Waals surface area contributed by atoms with Gasteiger partial charge in [-0.15, -0.1) is 0 Å². The Balaban J connectivity index is 1.30. The molecule has 2 aromatic heterocycles. The molecule has 6 nitrogen and oxygen atoms in total. The number of piperidine rings is 1. The van der Waals surface area contributed by atoms with Crippen LogP contribution in [0.5, 0.6) is 0 Å². The molecule has 1 saturated heterocycles. The molecule has 1 aliphatic rings. The minimum atomic E-state index is -1.07. The van der Waals surface area contributed by atoms with Crippen molar-refractivity contribution in [3.63, 3.8) is 0 Å². The van der Waals surface area contributed by atoms with Crippen LogP contribution in [0.15, 0.2) is 101 Å². The number of aliphatic hydroxyl groups is 1. The third kappa shape index (κ3) is 5.59. The van der Waals surface area contributed by atoms with E-state index in [4.69, 9.17) is 4.42 Å². The van der Waals surface area contributed by atoms with Crippen LogP contribution in [0, 0.1) is 0 Å². The highest BCUT2D eigenvalue weighted by Crippen LogP contribution is 2.32. The Bertz CT molecular complexity index is 1390. The summed E-state index contributed by atoms with van der Waals surface area (Å²) in [7, 11) is 0. The predicted molar refractivity (Wildman–Crippen MR) is 144 cm³/mol. The molecule has 0 unspecified atom stereocenters. The van der Waals surface area contributed by atoms with Crippen molar-refractivity contribution in [3.8, 4) is 22.5 Å². The fourth-order valence-corrected chi connectivity index (χ4v) is 5.12. The van der Waals surface area contributed by atoms with E-state index in [1.54, 1.807) is 23.1 Å². The second-order valence-corrected chi connectivity index (χ2v) is 10.0. The highest BCUT2D eigenvalue weighted by molar-refractivity contribution is 5.80. The molecule has 0 radical (unpaired) electrons. The van der Waals surface area contributed by atoms with E-state index in [2.05, 4.69) is 6.92 Å². The summed E-state index contributed by atoms with van der Waals surface area (Å²) >= 11 is 0. The number of aromatic nitrogens is 1. The molecule has 1 aliphatic heterocycles. The van der Waals surface area contributed by atoms with Crippen LogP contribution >= 0.6 is 0 Å². The summed E-state index contributed by atoms with van der Waals surface area (Å²) in [6, 6.07) is 25.1. The Kier molecular flexibility index (Phi) is 7.10. The van der Waals surface area contributed by atoms with Crippen molar-refractivity contribution in [2.45, 2.75) is 44.2 Å². The van der Waals surface area contributed by atoms with Gasteiger partial charge in [-0.3, -0.25) is 9.59 Å². The van der Waals surface area contributed by atoms with Crippen LogP contribution in [-0.4, -0.2) is 39.2 Å². The molecule has 37 heavy (non-hydrogen) atoms. The Morgan fingerprint density at radius 2 is 1.65 bits per heavy atom. The topological polar surface area (TPSA) is 75.7 Å². The number of amides is 1. The van der Waals surface area contributed by atoms with Crippen molar-refractivity contribution >= 4 is 5.91 Å². The third-order valence-electron chi connectivity index (χ3n) is 7.36. The summed E-state index contributed by atoms with van der Waals surface area (Å²) < 4.78 is 7.24. The van der Waals surface area contributed by atoms with E-state index in [1.165, 1.54) is 0 Å². The quantitative estimate of drug-likeness (QED) is 0.376. The lowest BCUT2D eigenvalue weighted by Gasteiger charge is -2.39. The van der Waals surface area contributed by atoms with E-state index in [9.17, 15) is 14.7 Å². The number of likely N-dealkylation sites (tertiary alicyclic amines) is 1. The van der Waals surface area contributed by atoms with Crippen LogP contribution in [0.1, 0.15) is 37.7 Å². The van der Waals surface area contributed by atoms with Crippen LogP contribution in [-0.2, 0) is 11.3 Å². The predicted octanol–water partition coefficient (Wildman–Crippen LogP) is 5.32. The lowest BCUT2D eigenvalue weighted by molar-refractivity contribution is -0.136. The van der Waals surface area contributed by atoms with Crippen molar-refractivity contribution in [1.82, 2.24) is 9.47 Å². The Morgan fingerprint density at radius 1 is 0.973 bits per heavy atom. The van der Waals surface area contributed by atoms with Crippen molar-refractivity contribution in [1.29, 1.82) is 0 Å². The van der Waals surface area contributed by atoms with Gasteiger partial charge in [-0.05, 0) is 47.6 Å². The van der Waals surface area contributed by atoms with Gasteiger partial charge in [-0.25, -0.2) is 0 Å². The van der Waals surface area contributed by atoms with Crippen LogP contribution in [0.25, 0.3) is 22.5 Å². The van der Waals surface area contributed by atoms with Gasteiger partial charge in [0.15, 0.2) is 0 Å². The molecule has 190 valence electrons. The Morgan fingerprint density at radius 3 is 2.30 bits per heavy atom. The van der Waals surface area contributed by atoms with E-state index in [1.807, 2.05) is 77.7 Å². The molecule has 0 saturated carbocycles. The number of carbonyl (C=O) groups is 1. The summed E-state index contributed by atoms with van der Waals surface area (Å²) in [5, 5.41) is 11.4. The van der Waals surface area contributed by atoms with Gasteiger partial charge in [-0.1, -0.05) is 67.6 Å². The first-order valence-corrected chi connectivity index (χ1v) is 12.8. The van der Waals surface area contributed by atoms with Gasteiger partial charge in [0.2, 0.25) is 5.91 Å². The van der Waals surface area contributed by atoms with Gasteiger partial charge >= 0.3 is 0 Å². The van der Waals surface area contributed by atoms with Gasteiger partial charge in [0.25, 0.3) is 5.56 Å². The second-order valence-electron chi connectivity index (χ2n) is 10.0. The van der Waals surface area contributed by atoms with E-state index in [0.717, 1.165) is 22.3 Å². The van der Waals surface area contributed by atoms with E-state index < -0.39 is 5.60 Å². The van der Waals surface area contributed by atoms with Crippen molar-refractivity contribution < 1.29 is 14.3 Å². The molecule has 5 rings (SSSR count). The number of hydrogen-bond acceptors (Lipinski definition) is 4. The molecule has 0 aliphatic carbocycles. The number of carbonyl (C=O) groups excluding carboxylic acids is 1. The first-order valence-electron chi connectivity index (χ1n) is 12.8. The summed E-state index contributed by atoms with van der Waals surface area (Å²) in [6.07, 6.45) is 4.66. The smallest absolute Gasteiger partial charge is 0.251 e. The molecule has 1 atom stereocenters. The average Bonchev–Trinajstić information content (AvgIpc) is 3.46. The molecule has 3 heterocycles. The fourth-order valence-electron chi connectivity index (χ4n) is 5.12. The minimum Gasteiger partial charge on any atom is -0.464 e. The molecule has 1 fully saturated rings. The lowest BCUT2D eigenvalue weighted by atomic mass is 9.90. The standard InChI is InChI=1S/C31H32N2O4/c1-23(24-9-4-2-5-10-24)19-29(34)32-16-14-31(36,15-17-32)22-33-21-27(28-13-8-18-37-28)26(20-30(33)35)25-11-6-3-7-12-25/h2-13,18,20-21,23,36H,14-17,19,22H2,1H3/t23-/m1/s1. The maximum atomic E-state index is 13.1. The van der Waals surface area contributed by atoms with Gasteiger partial charge in [0.1, 0.15) is 5.76 Å². The number of rotatable bonds is 7. The van der Waals surface area contributed by atoms with Crippen LogP contribution in [0.2, 0.25) is 0 Å². The monoisotopic (exact) mass is 496 g/mol. The maximum absolute atomic E-state index is 13.1. The Labute approximate surface area is 216 Å². The largest absolute Gasteiger partial charge is 0.464 e. The average molecular weight is 497 g/mol. The van der Waals surface area contributed by atoms with Gasteiger partial charge in [0.05, 0.1) is 18.4 Å². The molecular weight excluding hydrogens is 464 g/mol. The van der Waals surface area contributed by atoms with Crippen LogP contribution < -0.4 is 5.56 Å². The SMILES string of the molecule is C[C@H](CC(=O)N1CCC(O)(Cn2cc(-c3ccco3)c(-c3ccccc3)cc2=O)CC1)c1ccccc1.